The molecule has 3 nitrogen and oxygen atoms in total. The second-order valence-electron chi connectivity index (χ2n) is 4.69. The van der Waals surface area contributed by atoms with Gasteiger partial charge in [0, 0.05) is 0 Å². The van der Waals surface area contributed by atoms with E-state index in [0.29, 0.717) is 11.3 Å². The van der Waals surface area contributed by atoms with Gasteiger partial charge < -0.3 is 9.47 Å². The van der Waals surface area contributed by atoms with Crippen LogP contribution in [0.25, 0.3) is 0 Å². The van der Waals surface area contributed by atoms with Crippen LogP contribution < -0.4 is 4.74 Å². The van der Waals surface area contributed by atoms with Gasteiger partial charge in [0.05, 0.1) is 5.56 Å². The summed E-state index contributed by atoms with van der Waals surface area (Å²) in [7, 11) is 0. The highest BCUT2D eigenvalue weighted by Gasteiger charge is 2.18. The van der Waals surface area contributed by atoms with Gasteiger partial charge in [0.1, 0.15) is 12.7 Å². The molecule has 0 aliphatic carbocycles. The molecule has 0 amide bonds. The van der Waals surface area contributed by atoms with Crippen LogP contribution in [0.5, 0.6) is 5.75 Å². The first-order chi connectivity index (χ1) is 8.31. The summed E-state index contributed by atoms with van der Waals surface area (Å²) in [6, 6.07) is 5.19. The molecule has 0 heterocycles. The van der Waals surface area contributed by atoms with Crippen molar-refractivity contribution >= 4 is 6.16 Å². The first-order valence-corrected chi connectivity index (χ1v) is 5.26. The van der Waals surface area contributed by atoms with E-state index >= 15 is 0 Å². The van der Waals surface area contributed by atoms with Crippen molar-refractivity contribution in [1.29, 1.82) is 0 Å². The standard InChI is InChI=1S/C14H16O3/c1-6-11-9-10(2)7-8-12(11)16-13(15)17-14(3,4)5/h1,7-9H,2-5H3/i1T. The van der Waals surface area contributed by atoms with Crippen LogP contribution in [0.1, 0.15) is 33.3 Å². The molecule has 0 spiro atoms. The molecule has 1 rings (SSSR count). The molecule has 0 saturated carbocycles. The van der Waals surface area contributed by atoms with Gasteiger partial charge in [-0.05, 0) is 45.4 Å². The van der Waals surface area contributed by atoms with E-state index in [2.05, 4.69) is 5.92 Å². The lowest BCUT2D eigenvalue weighted by Gasteiger charge is -2.19. The summed E-state index contributed by atoms with van der Waals surface area (Å²) in [4.78, 5) is 11.5. The van der Waals surface area contributed by atoms with Crippen molar-refractivity contribution in [3.05, 3.63) is 29.3 Å². The summed E-state index contributed by atoms with van der Waals surface area (Å²) in [5.74, 6) is 2.87. The highest BCUT2D eigenvalue weighted by Crippen LogP contribution is 2.20. The summed E-state index contributed by atoms with van der Waals surface area (Å²) >= 11 is 0. The number of carbonyl (C=O) groups excluding carboxylic acids is 1. The normalized spacial score (nSPS) is 10.9. The van der Waals surface area contributed by atoms with Gasteiger partial charge in [0.15, 0.2) is 0 Å². The Morgan fingerprint density at radius 3 is 2.76 bits per heavy atom. The summed E-state index contributed by atoms with van der Waals surface area (Å²) in [5.41, 5.74) is 0.864. The molecule has 0 atom stereocenters. The maximum atomic E-state index is 11.5. The summed E-state index contributed by atoms with van der Waals surface area (Å²) < 4.78 is 17.0. The minimum absolute atomic E-state index is 0.301. The fraction of sp³-hybridized carbons (Fsp3) is 0.357. The average Bonchev–Trinajstić information content (AvgIpc) is 2.20. The van der Waals surface area contributed by atoms with Gasteiger partial charge in [0.2, 0.25) is 0 Å². The van der Waals surface area contributed by atoms with Crippen molar-refractivity contribution in [2.75, 3.05) is 0 Å². The van der Waals surface area contributed by atoms with Crippen LogP contribution in [0.4, 0.5) is 4.79 Å². The Kier molecular flexibility index (Phi) is 3.34. The third-order valence-electron chi connectivity index (χ3n) is 1.85. The highest BCUT2D eigenvalue weighted by molar-refractivity contribution is 5.66. The van der Waals surface area contributed by atoms with E-state index in [9.17, 15) is 4.79 Å². The SMILES string of the molecule is [3H]C#Cc1cc(C)ccc1OC(=O)OC(C)(C)C. The lowest BCUT2D eigenvalue weighted by atomic mass is 10.1. The van der Waals surface area contributed by atoms with Crippen molar-refractivity contribution in [2.24, 2.45) is 0 Å². The minimum Gasteiger partial charge on any atom is -0.428 e. The van der Waals surface area contributed by atoms with Gasteiger partial charge >= 0.3 is 6.16 Å². The molecule has 0 unspecified atom stereocenters. The van der Waals surface area contributed by atoms with E-state index in [4.69, 9.17) is 10.8 Å². The zero-order valence-electron chi connectivity index (χ0n) is 11.5. The third-order valence-corrected chi connectivity index (χ3v) is 1.85. The topological polar surface area (TPSA) is 35.5 Å². The average molecular weight is 234 g/mol. The molecule has 0 aliphatic heterocycles. The van der Waals surface area contributed by atoms with Crippen LogP contribution in [0.15, 0.2) is 18.2 Å². The second kappa shape index (κ2) is 4.92. The molecular formula is C14H16O3. The maximum Gasteiger partial charge on any atom is 0.514 e. The first kappa shape index (κ1) is 11.5. The molecule has 0 bridgehead atoms. The first-order valence-electron chi connectivity index (χ1n) is 5.76. The van der Waals surface area contributed by atoms with E-state index < -0.39 is 11.8 Å². The van der Waals surface area contributed by atoms with Crippen molar-refractivity contribution in [2.45, 2.75) is 33.3 Å². The van der Waals surface area contributed by atoms with Crippen molar-refractivity contribution in [3.63, 3.8) is 0 Å². The van der Waals surface area contributed by atoms with E-state index in [1.807, 2.05) is 13.3 Å². The largest absolute Gasteiger partial charge is 0.514 e. The quantitative estimate of drug-likeness (QED) is 0.425. The number of terminal acetylenes is 1. The summed E-state index contributed by atoms with van der Waals surface area (Å²) in [6.07, 6.45) is 1.26. The predicted molar refractivity (Wildman–Crippen MR) is 66.0 cm³/mol. The maximum absolute atomic E-state index is 11.5. The minimum atomic E-state index is -0.778. The number of hydrogen-bond acceptors (Lipinski definition) is 3. The number of ether oxygens (including phenoxy) is 2. The highest BCUT2D eigenvalue weighted by atomic mass is 16.7. The zero-order valence-corrected chi connectivity index (χ0v) is 10.5. The molecule has 0 N–H and O–H groups in total. The Balaban J connectivity index is 2.90. The molecule has 3 heteroatoms. The molecule has 17 heavy (non-hydrogen) atoms. The molecule has 0 fully saturated rings. The van der Waals surface area contributed by atoms with E-state index in [1.54, 1.807) is 39.0 Å². The molecular weight excluding hydrogens is 216 g/mol. The van der Waals surface area contributed by atoms with Crippen LogP contribution in [-0.2, 0) is 4.74 Å². The van der Waals surface area contributed by atoms with Gasteiger partial charge in [-0.15, -0.1) is 6.40 Å². The number of hydrogen-bond donors (Lipinski definition) is 0. The third kappa shape index (κ3) is 4.20. The fourth-order valence-corrected chi connectivity index (χ4v) is 1.19. The molecule has 90 valence electrons. The van der Waals surface area contributed by atoms with Gasteiger partial charge in [-0.3, -0.25) is 0 Å². The molecule has 0 saturated heterocycles. The monoisotopic (exact) mass is 234 g/mol. The van der Waals surface area contributed by atoms with Crippen LogP contribution in [-0.4, -0.2) is 11.8 Å². The van der Waals surface area contributed by atoms with Crippen molar-refractivity contribution in [1.82, 2.24) is 0 Å². The van der Waals surface area contributed by atoms with E-state index in [1.165, 1.54) is 0 Å². The van der Waals surface area contributed by atoms with Crippen molar-refractivity contribution < 1.29 is 15.6 Å². The number of aryl methyl sites for hydroxylation is 1. The molecule has 0 radical (unpaired) electrons. The zero-order chi connectivity index (χ0) is 13.8. The number of benzene rings is 1. The van der Waals surface area contributed by atoms with Gasteiger partial charge in [-0.1, -0.05) is 12.0 Å². The molecule has 0 aromatic heterocycles. The lowest BCUT2D eigenvalue weighted by Crippen LogP contribution is -2.26. The van der Waals surface area contributed by atoms with E-state index in [0.717, 1.165) is 5.56 Å². The molecule has 1 aromatic carbocycles. The van der Waals surface area contributed by atoms with Gasteiger partial charge in [0.25, 0.3) is 0 Å². The Hall–Kier alpha value is -1.95. The Morgan fingerprint density at radius 2 is 2.18 bits per heavy atom. The van der Waals surface area contributed by atoms with Crippen LogP contribution in [0.3, 0.4) is 0 Å². The van der Waals surface area contributed by atoms with Gasteiger partial charge in [-0.2, -0.15) is 0 Å². The molecule has 1 aromatic rings. The molecule has 0 aliphatic rings. The Morgan fingerprint density at radius 1 is 1.47 bits per heavy atom. The fourth-order valence-electron chi connectivity index (χ4n) is 1.19. The van der Waals surface area contributed by atoms with E-state index in [-0.39, 0.29) is 0 Å². The summed E-state index contributed by atoms with van der Waals surface area (Å²) in [6.45, 7) is 7.17. The number of rotatable bonds is 1. The van der Waals surface area contributed by atoms with Crippen LogP contribution >= 0.6 is 0 Å². The Bertz CT molecular complexity index is 504. The van der Waals surface area contributed by atoms with Crippen LogP contribution in [0, 0.1) is 19.2 Å². The number of carbonyl (C=O) groups is 1. The van der Waals surface area contributed by atoms with Crippen LogP contribution in [0.2, 0.25) is 0 Å². The summed E-state index contributed by atoms with van der Waals surface area (Å²) in [5, 5.41) is 0. The lowest BCUT2D eigenvalue weighted by molar-refractivity contribution is 0.0205. The van der Waals surface area contributed by atoms with Crippen molar-refractivity contribution in [3.8, 4) is 18.1 Å². The van der Waals surface area contributed by atoms with Gasteiger partial charge in [-0.25, -0.2) is 4.79 Å². The Labute approximate surface area is 103 Å². The second-order valence-corrected chi connectivity index (χ2v) is 4.69. The smallest absolute Gasteiger partial charge is 0.428 e. The predicted octanol–water partition coefficient (Wildman–Crippen LogP) is 3.29.